The van der Waals surface area contributed by atoms with Gasteiger partial charge in [0.05, 0.1) is 12.0 Å². The molecule has 0 aromatic carbocycles. The van der Waals surface area contributed by atoms with Gasteiger partial charge in [-0.3, -0.25) is 0 Å². The molecular formula is C9H16N2O3S. The van der Waals surface area contributed by atoms with E-state index in [9.17, 15) is 8.42 Å². The summed E-state index contributed by atoms with van der Waals surface area (Å²) in [5, 5.41) is 2.79. The summed E-state index contributed by atoms with van der Waals surface area (Å²) in [5.74, 6) is 0.882. The Balaban J connectivity index is 2.24. The predicted molar refractivity (Wildman–Crippen MR) is 58.1 cm³/mol. The first-order valence-electron chi connectivity index (χ1n) is 4.78. The van der Waals surface area contributed by atoms with Gasteiger partial charge in [-0.05, 0) is 19.2 Å². The smallest absolute Gasteiger partial charge is 0.212 e. The van der Waals surface area contributed by atoms with E-state index >= 15 is 0 Å². The Hall–Kier alpha value is -0.850. The number of furan rings is 1. The van der Waals surface area contributed by atoms with Crippen molar-refractivity contribution >= 4 is 10.0 Å². The van der Waals surface area contributed by atoms with E-state index in [1.165, 1.54) is 0 Å². The van der Waals surface area contributed by atoms with Gasteiger partial charge in [0, 0.05) is 19.5 Å². The van der Waals surface area contributed by atoms with Crippen molar-refractivity contribution in [2.24, 2.45) is 0 Å². The third kappa shape index (κ3) is 4.96. The van der Waals surface area contributed by atoms with E-state index in [1.807, 2.05) is 6.07 Å². The van der Waals surface area contributed by atoms with Gasteiger partial charge in [-0.15, -0.1) is 0 Å². The number of nitrogens with one attached hydrogen (secondary N) is 2. The van der Waals surface area contributed by atoms with Crippen molar-refractivity contribution in [2.45, 2.75) is 6.42 Å². The maximum atomic E-state index is 11.3. The minimum Gasteiger partial charge on any atom is -0.469 e. The normalized spacial score (nSPS) is 11.8. The molecular weight excluding hydrogens is 216 g/mol. The van der Waals surface area contributed by atoms with Crippen molar-refractivity contribution in [2.75, 3.05) is 25.9 Å². The van der Waals surface area contributed by atoms with Crippen LogP contribution in [0.5, 0.6) is 0 Å². The summed E-state index contributed by atoms with van der Waals surface area (Å²) in [5.41, 5.74) is 0. The van der Waals surface area contributed by atoms with Crippen molar-refractivity contribution in [1.82, 2.24) is 10.0 Å². The number of hydrogen-bond acceptors (Lipinski definition) is 4. The molecule has 86 valence electrons. The predicted octanol–water partition coefficient (Wildman–Crippen LogP) is -0.0391. The zero-order valence-electron chi connectivity index (χ0n) is 8.69. The third-order valence-corrected chi connectivity index (χ3v) is 3.28. The lowest BCUT2D eigenvalue weighted by Crippen LogP contribution is -2.32. The highest BCUT2D eigenvalue weighted by atomic mass is 32.2. The third-order valence-electron chi connectivity index (χ3n) is 1.89. The minimum atomic E-state index is -3.15. The summed E-state index contributed by atoms with van der Waals surface area (Å²) in [7, 11) is -1.43. The molecule has 0 unspecified atom stereocenters. The van der Waals surface area contributed by atoms with Gasteiger partial charge in [0.15, 0.2) is 0 Å². The fourth-order valence-electron chi connectivity index (χ4n) is 1.09. The van der Waals surface area contributed by atoms with Gasteiger partial charge in [0.1, 0.15) is 5.76 Å². The Morgan fingerprint density at radius 2 is 2.20 bits per heavy atom. The minimum absolute atomic E-state index is 0.0989. The number of sulfonamides is 1. The zero-order chi connectivity index (χ0) is 11.1. The summed E-state index contributed by atoms with van der Waals surface area (Å²) in [6.45, 7) is 0.829. The monoisotopic (exact) mass is 232 g/mol. The first kappa shape index (κ1) is 12.2. The second-order valence-electron chi connectivity index (χ2n) is 3.15. The highest BCUT2D eigenvalue weighted by Crippen LogP contribution is 1.99. The van der Waals surface area contributed by atoms with E-state index in [4.69, 9.17) is 4.42 Å². The van der Waals surface area contributed by atoms with Gasteiger partial charge in [0.25, 0.3) is 0 Å². The maximum Gasteiger partial charge on any atom is 0.212 e. The molecule has 0 bridgehead atoms. The lowest BCUT2D eigenvalue weighted by Gasteiger charge is -2.04. The first-order chi connectivity index (χ1) is 7.14. The van der Waals surface area contributed by atoms with E-state index in [2.05, 4.69) is 10.0 Å². The summed E-state index contributed by atoms with van der Waals surface area (Å²) in [4.78, 5) is 0. The molecule has 0 aliphatic heterocycles. The van der Waals surface area contributed by atoms with Crippen molar-refractivity contribution in [3.63, 3.8) is 0 Å². The van der Waals surface area contributed by atoms with Crippen LogP contribution in [-0.2, 0) is 16.4 Å². The Labute approximate surface area is 89.9 Å². The van der Waals surface area contributed by atoms with Crippen LogP contribution >= 0.6 is 0 Å². The quantitative estimate of drug-likeness (QED) is 0.692. The molecule has 0 saturated heterocycles. The molecule has 0 aliphatic rings. The van der Waals surface area contributed by atoms with E-state index in [-0.39, 0.29) is 5.75 Å². The number of hydrogen-bond donors (Lipinski definition) is 2. The van der Waals surface area contributed by atoms with Gasteiger partial charge in [-0.2, -0.15) is 0 Å². The van der Waals surface area contributed by atoms with E-state index in [0.717, 1.165) is 5.76 Å². The molecule has 2 N–H and O–H groups in total. The molecule has 1 aromatic heterocycles. The average Bonchev–Trinajstić information content (AvgIpc) is 2.67. The Morgan fingerprint density at radius 1 is 1.40 bits per heavy atom. The molecule has 5 nitrogen and oxygen atoms in total. The fraction of sp³-hybridized carbons (Fsp3) is 0.556. The molecule has 0 spiro atoms. The van der Waals surface area contributed by atoms with Gasteiger partial charge in [-0.1, -0.05) is 0 Å². The van der Waals surface area contributed by atoms with Crippen LogP contribution in [0.4, 0.5) is 0 Å². The van der Waals surface area contributed by atoms with Gasteiger partial charge in [-0.25, -0.2) is 13.1 Å². The van der Waals surface area contributed by atoms with Crippen LogP contribution in [0.2, 0.25) is 0 Å². The van der Waals surface area contributed by atoms with Crippen LogP contribution < -0.4 is 10.0 Å². The highest BCUT2D eigenvalue weighted by Gasteiger charge is 2.08. The van der Waals surface area contributed by atoms with Crippen LogP contribution in [0.15, 0.2) is 22.8 Å². The molecule has 1 heterocycles. The topological polar surface area (TPSA) is 71.3 Å². The van der Waals surface area contributed by atoms with Crippen LogP contribution in [0.1, 0.15) is 5.76 Å². The van der Waals surface area contributed by atoms with E-state index < -0.39 is 10.0 Å². The second-order valence-corrected chi connectivity index (χ2v) is 5.07. The summed E-state index contributed by atoms with van der Waals surface area (Å²) < 4.78 is 30.3. The molecule has 1 aromatic rings. The second kappa shape index (κ2) is 5.89. The Morgan fingerprint density at radius 3 is 2.80 bits per heavy atom. The largest absolute Gasteiger partial charge is 0.469 e. The molecule has 1 rings (SSSR count). The van der Waals surface area contributed by atoms with Crippen LogP contribution in [0.25, 0.3) is 0 Å². The summed E-state index contributed by atoms with van der Waals surface area (Å²) >= 11 is 0. The molecule has 0 fully saturated rings. The standard InChI is InChI=1S/C9H16N2O3S/c1-10-6-8-15(12,13)11-5-4-9-3-2-7-14-9/h2-3,7,10-11H,4-6,8H2,1H3. The maximum absolute atomic E-state index is 11.3. The molecule has 0 radical (unpaired) electrons. The molecule has 0 amide bonds. The SMILES string of the molecule is CNCCS(=O)(=O)NCCc1ccco1. The van der Waals surface area contributed by atoms with Gasteiger partial charge >= 0.3 is 0 Å². The van der Waals surface area contributed by atoms with Crippen LogP contribution in [0.3, 0.4) is 0 Å². The first-order valence-corrected chi connectivity index (χ1v) is 6.43. The van der Waals surface area contributed by atoms with Crippen molar-refractivity contribution in [3.05, 3.63) is 24.2 Å². The number of rotatable bonds is 7. The molecule has 0 saturated carbocycles. The Bertz CT molecular complexity index is 359. The fourth-order valence-corrected chi connectivity index (χ4v) is 2.12. The van der Waals surface area contributed by atoms with Crippen LogP contribution in [0, 0.1) is 0 Å². The molecule has 6 heteroatoms. The molecule has 0 aliphatic carbocycles. The zero-order valence-corrected chi connectivity index (χ0v) is 9.51. The van der Waals surface area contributed by atoms with Crippen molar-refractivity contribution in [1.29, 1.82) is 0 Å². The van der Waals surface area contributed by atoms with E-state index in [0.29, 0.717) is 19.5 Å². The average molecular weight is 232 g/mol. The summed E-state index contributed by atoms with van der Waals surface area (Å²) in [6, 6.07) is 3.60. The van der Waals surface area contributed by atoms with E-state index in [1.54, 1.807) is 19.4 Å². The highest BCUT2D eigenvalue weighted by molar-refractivity contribution is 7.89. The lowest BCUT2D eigenvalue weighted by atomic mass is 10.3. The molecule has 0 atom stereocenters. The summed E-state index contributed by atoms with van der Waals surface area (Å²) in [6.07, 6.45) is 2.15. The van der Waals surface area contributed by atoms with Crippen molar-refractivity contribution < 1.29 is 12.8 Å². The Kier molecular flexibility index (Phi) is 4.80. The van der Waals surface area contributed by atoms with Crippen molar-refractivity contribution in [3.8, 4) is 0 Å². The molecule has 15 heavy (non-hydrogen) atoms. The lowest BCUT2D eigenvalue weighted by molar-refractivity contribution is 0.505. The van der Waals surface area contributed by atoms with Crippen LogP contribution in [-0.4, -0.2) is 34.3 Å². The van der Waals surface area contributed by atoms with Gasteiger partial charge < -0.3 is 9.73 Å². The van der Waals surface area contributed by atoms with Gasteiger partial charge in [0.2, 0.25) is 10.0 Å².